The second-order valence-electron chi connectivity index (χ2n) is 3.02. The van der Waals surface area contributed by atoms with Crippen LogP contribution >= 0.6 is 0 Å². The zero-order chi connectivity index (χ0) is 10.8. The molecule has 1 N–H and O–H groups in total. The highest BCUT2D eigenvalue weighted by Gasteiger charge is 1.96. The quantitative estimate of drug-likeness (QED) is 0.640. The molecule has 0 aromatic rings. The van der Waals surface area contributed by atoms with Crippen molar-refractivity contribution in [2.24, 2.45) is 0 Å². The summed E-state index contributed by atoms with van der Waals surface area (Å²) in [5.41, 5.74) is 0. The van der Waals surface area contributed by atoms with E-state index < -0.39 is 0 Å². The monoisotopic (exact) mass is 199 g/mol. The van der Waals surface area contributed by atoms with Crippen molar-refractivity contribution >= 4 is 0 Å². The van der Waals surface area contributed by atoms with Gasteiger partial charge < -0.3 is 9.84 Å². The van der Waals surface area contributed by atoms with Gasteiger partial charge in [-0.2, -0.15) is 0 Å². The van der Waals surface area contributed by atoms with Crippen molar-refractivity contribution in [3.63, 3.8) is 0 Å². The lowest BCUT2D eigenvalue weighted by Gasteiger charge is -2.13. The molecule has 0 spiro atoms. The van der Waals surface area contributed by atoms with Gasteiger partial charge >= 0.3 is 0 Å². The molecular formula is C11H21NO2. The Balaban J connectivity index is 3.68. The third kappa shape index (κ3) is 6.90. The summed E-state index contributed by atoms with van der Waals surface area (Å²) >= 11 is 0. The van der Waals surface area contributed by atoms with Crippen LogP contribution in [0.4, 0.5) is 0 Å². The zero-order valence-corrected chi connectivity index (χ0v) is 9.42. The Labute approximate surface area is 87.1 Å². The first-order valence-electron chi connectivity index (χ1n) is 5.17. The summed E-state index contributed by atoms with van der Waals surface area (Å²) in [6.07, 6.45) is -0.0855. The van der Waals surface area contributed by atoms with Crippen molar-refractivity contribution in [3.8, 4) is 11.8 Å². The second-order valence-corrected chi connectivity index (χ2v) is 3.02. The molecule has 0 saturated carbocycles. The van der Waals surface area contributed by atoms with Crippen LogP contribution in [0, 0.1) is 11.8 Å². The van der Waals surface area contributed by atoms with Crippen molar-refractivity contribution in [1.82, 2.24) is 4.90 Å². The Bertz CT molecular complexity index is 179. The van der Waals surface area contributed by atoms with Crippen molar-refractivity contribution in [2.75, 3.05) is 32.8 Å². The fraction of sp³-hybridized carbons (Fsp3) is 0.818. The first-order chi connectivity index (χ1) is 6.74. The molecule has 82 valence electrons. The lowest BCUT2D eigenvalue weighted by Crippen LogP contribution is -2.23. The molecule has 3 heteroatoms. The maximum absolute atomic E-state index is 8.52. The molecule has 0 aliphatic carbocycles. The highest BCUT2D eigenvalue weighted by molar-refractivity contribution is 5.05. The Kier molecular flexibility index (Phi) is 8.65. The molecule has 0 unspecified atom stereocenters. The molecule has 0 aliphatic heterocycles. The van der Waals surface area contributed by atoms with Crippen LogP contribution in [0.1, 0.15) is 20.8 Å². The van der Waals surface area contributed by atoms with Gasteiger partial charge in [-0.1, -0.05) is 25.7 Å². The van der Waals surface area contributed by atoms with E-state index >= 15 is 0 Å². The third-order valence-corrected chi connectivity index (χ3v) is 1.96. The fourth-order valence-corrected chi connectivity index (χ4v) is 1.02. The molecule has 0 aliphatic rings. The second kappa shape index (κ2) is 9.01. The molecule has 0 amide bonds. The van der Waals surface area contributed by atoms with E-state index in [4.69, 9.17) is 9.84 Å². The Morgan fingerprint density at radius 2 is 2.00 bits per heavy atom. The van der Waals surface area contributed by atoms with Gasteiger partial charge in [0.2, 0.25) is 0 Å². The maximum atomic E-state index is 8.52. The molecule has 0 aromatic heterocycles. The van der Waals surface area contributed by atoms with E-state index in [1.165, 1.54) is 0 Å². The predicted octanol–water partition coefficient (Wildman–Crippen LogP) is 0.729. The lowest BCUT2D eigenvalue weighted by atomic mass is 10.4. The number of hydrogen-bond donors (Lipinski definition) is 1. The van der Waals surface area contributed by atoms with E-state index in [0.29, 0.717) is 6.61 Å². The van der Waals surface area contributed by atoms with Gasteiger partial charge in [-0.25, -0.2) is 0 Å². The van der Waals surface area contributed by atoms with Gasteiger partial charge in [0.15, 0.2) is 0 Å². The molecule has 3 nitrogen and oxygen atoms in total. The van der Waals surface area contributed by atoms with Gasteiger partial charge in [0, 0.05) is 0 Å². The number of nitrogens with zero attached hydrogens (tertiary/aromatic N) is 1. The molecule has 14 heavy (non-hydrogen) atoms. The first-order valence-corrected chi connectivity index (χ1v) is 5.17. The number of ether oxygens (including phenoxy) is 1. The minimum Gasteiger partial charge on any atom is -0.394 e. The first kappa shape index (κ1) is 13.4. The van der Waals surface area contributed by atoms with Crippen LogP contribution in [-0.4, -0.2) is 49.0 Å². The van der Waals surface area contributed by atoms with Crippen molar-refractivity contribution in [3.05, 3.63) is 0 Å². The van der Waals surface area contributed by atoms with Crippen LogP contribution in [0.3, 0.4) is 0 Å². The van der Waals surface area contributed by atoms with Crippen LogP contribution in [0.2, 0.25) is 0 Å². The Morgan fingerprint density at radius 3 is 2.50 bits per heavy atom. The molecule has 0 radical (unpaired) electrons. The summed E-state index contributed by atoms with van der Waals surface area (Å²) in [6.45, 7) is 9.40. The minimum absolute atomic E-state index is 0.0576. The number of rotatable bonds is 6. The highest BCUT2D eigenvalue weighted by Crippen LogP contribution is 1.88. The third-order valence-electron chi connectivity index (χ3n) is 1.96. The molecule has 0 fully saturated rings. The number of hydrogen-bond acceptors (Lipinski definition) is 3. The summed E-state index contributed by atoms with van der Waals surface area (Å²) in [5, 5.41) is 8.52. The van der Waals surface area contributed by atoms with Gasteiger partial charge in [0.25, 0.3) is 0 Å². The maximum Gasteiger partial charge on any atom is 0.115 e. The van der Waals surface area contributed by atoms with Gasteiger partial charge in [-0.15, -0.1) is 0 Å². The molecular weight excluding hydrogens is 178 g/mol. The Hall–Kier alpha value is -0.560. The SMILES string of the molecule is CCN(CC)CC#C[C@H](C)OCCO. The van der Waals surface area contributed by atoms with Gasteiger partial charge in [-0.05, 0) is 20.0 Å². The van der Waals surface area contributed by atoms with E-state index in [0.717, 1.165) is 19.6 Å². The topological polar surface area (TPSA) is 32.7 Å². The van der Waals surface area contributed by atoms with E-state index in [-0.39, 0.29) is 12.7 Å². The van der Waals surface area contributed by atoms with E-state index in [1.807, 2.05) is 6.92 Å². The normalized spacial score (nSPS) is 12.4. The van der Waals surface area contributed by atoms with E-state index in [1.54, 1.807) is 0 Å². The summed E-state index contributed by atoms with van der Waals surface area (Å²) in [6, 6.07) is 0. The zero-order valence-electron chi connectivity index (χ0n) is 9.42. The van der Waals surface area contributed by atoms with Gasteiger partial charge in [0.1, 0.15) is 6.10 Å². The van der Waals surface area contributed by atoms with Crippen molar-refractivity contribution in [2.45, 2.75) is 26.9 Å². The molecule has 0 rings (SSSR count). The average molecular weight is 199 g/mol. The number of aliphatic hydroxyl groups excluding tert-OH is 1. The Morgan fingerprint density at radius 1 is 1.36 bits per heavy atom. The van der Waals surface area contributed by atoms with Crippen molar-refractivity contribution in [1.29, 1.82) is 0 Å². The smallest absolute Gasteiger partial charge is 0.115 e. The van der Waals surface area contributed by atoms with Crippen LogP contribution in [-0.2, 0) is 4.74 Å². The fourth-order valence-electron chi connectivity index (χ4n) is 1.02. The molecule has 0 bridgehead atoms. The minimum atomic E-state index is -0.0855. The standard InChI is InChI=1S/C11H21NO2/c1-4-12(5-2)8-6-7-11(3)14-10-9-13/h11,13H,4-5,8-10H2,1-3H3/t11-/m0/s1. The molecule has 0 aromatic carbocycles. The molecule has 0 heterocycles. The average Bonchev–Trinajstić information content (AvgIpc) is 2.21. The summed E-state index contributed by atoms with van der Waals surface area (Å²) < 4.78 is 5.20. The van der Waals surface area contributed by atoms with Gasteiger partial charge in [-0.3, -0.25) is 4.90 Å². The van der Waals surface area contributed by atoms with Crippen LogP contribution in [0.5, 0.6) is 0 Å². The van der Waals surface area contributed by atoms with Crippen LogP contribution in [0.25, 0.3) is 0 Å². The highest BCUT2D eigenvalue weighted by atomic mass is 16.5. The van der Waals surface area contributed by atoms with E-state index in [9.17, 15) is 0 Å². The van der Waals surface area contributed by atoms with E-state index in [2.05, 4.69) is 30.6 Å². The van der Waals surface area contributed by atoms with Crippen molar-refractivity contribution < 1.29 is 9.84 Å². The summed E-state index contributed by atoms with van der Waals surface area (Å²) in [7, 11) is 0. The molecule has 1 atom stereocenters. The lowest BCUT2D eigenvalue weighted by molar-refractivity contribution is 0.0687. The number of aliphatic hydroxyl groups is 1. The predicted molar refractivity (Wildman–Crippen MR) is 58.1 cm³/mol. The van der Waals surface area contributed by atoms with Crippen LogP contribution in [0.15, 0.2) is 0 Å². The van der Waals surface area contributed by atoms with Crippen LogP contribution < -0.4 is 0 Å². The summed E-state index contributed by atoms with van der Waals surface area (Å²) in [5.74, 6) is 6.06. The molecule has 0 saturated heterocycles. The summed E-state index contributed by atoms with van der Waals surface area (Å²) in [4.78, 5) is 2.24. The van der Waals surface area contributed by atoms with Gasteiger partial charge in [0.05, 0.1) is 19.8 Å². The largest absolute Gasteiger partial charge is 0.394 e.